The topological polar surface area (TPSA) is 20.3 Å². The standard InChI is InChI=1S/C14H16ClF2NO/c15-5-3-10-4-6-18(9-10)14(19)8-11-1-2-12(16)13(17)7-11/h1-2,7,10H,3-6,8-9H2. The normalized spacial score (nSPS) is 18.9. The van der Waals surface area contributed by atoms with Crippen LogP contribution in [0.5, 0.6) is 0 Å². The van der Waals surface area contributed by atoms with Gasteiger partial charge in [-0.2, -0.15) is 0 Å². The molecule has 1 fully saturated rings. The Morgan fingerprint density at radius 2 is 2.16 bits per heavy atom. The Balaban J connectivity index is 1.92. The van der Waals surface area contributed by atoms with Gasteiger partial charge in [0.15, 0.2) is 11.6 Å². The molecule has 0 aromatic heterocycles. The largest absolute Gasteiger partial charge is 0.342 e. The summed E-state index contributed by atoms with van der Waals surface area (Å²) in [4.78, 5) is 13.8. The highest BCUT2D eigenvalue weighted by Crippen LogP contribution is 2.21. The van der Waals surface area contributed by atoms with E-state index in [4.69, 9.17) is 11.6 Å². The molecule has 2 rings (SSSR count). The van der Waals surface area contributed by atoms with Crippen LogP contribution in [0.4, 0.5) is 8.78 Å². The van der Waals surface area contributed by atoms with Crippen LogP contribution in [0, 0.1) is 17.6 Å². The first-order valence-corrected chi connectivity index (χ1v) is 6.91. The van der Waals surface area contributed by atoms with Gasteiger partial charge >= 0.3 is 0 Å². The van der Waals surface area contributed by atoms with E-state index >= 15 is 0 Å². The molecule has 1 aromatic carbocycles. The first-order valence-electron chi connectivity index (χ1n) is 6.38. The molecule has 0 saturated carbocycles. The van der Waals surface area contributed by atoms with Crippen molar-refractivity contribution in [3.8, 4) is 0 Å². The van der Waals surface area contributed by atoms with Gasteiger partial charge in [-0.15, -0.1) is 11.6 Å². The van der Waals surface area contributed by atoms with Gasteiger partial charge in [0, 0.05) is 19.0 Å². The van der Waals surface area contributed by atoms with Gasteiger partial charge < -0.3 is 4.90 Å². The fraction of sp³-hybridized carbons (Fsp3) is 0.500. The SMILES string of the molecule is O=C(Cc1ccc(F)c(F)c1)N1CCC(CCCl)C1. The summed E-state index contributed by atoms with van der Waals surface area (Å²) in [6.07, 6.45) is 2.00. The predicted octanol–water partition coefficient (Wildman–Crippen LogP) is 2.98. The van der Waals surface area contributed by atoms with E-state index in [2.05, 4.69) is 0 Å². The van der Waals surface area contributed by atoms with E-state index < -0.39 is 11.6 Å². The number of amides is 1. The monoisotopic (exact) mass is 287 g/mol. The minimum Gasteiger partial charge on any atom is -0.342 e. The van der Waals surface area contributed by atoms with Crippen LogP contribution in [0.25, 0.3) is 0 Å². The maximum Gasteiger partial charge on any atom is 0.227 e. The average molecular weight is 288 g/mol. The lowest BCUT2D eigenvalue weighted by atomic mass is 10.1. The maximum absolute atomic E-state index is 13.1. The van der Waals surface area contributed by atoms with Gasteiger partial charge in [0.1, 0.15) is 0 Å². The number of likely N-dealkylation sites (tertiary alicyclic amines) is 1. The van der Waals surface area contributed by atoms with E-state index in [-0.39, 0.29) is 12.3 Å². The molecule has 1 unspecified atom stereocenters. The zero-order valence-electron chi connectivity index (χ0n) is 10.5. The van der Waals surface area contributed by atoms with E-state index in [9.17, 15) is 13.6 Å². The molecule has 0 bridgehead atoms. The molecular weight excluding hydrogens is 272 g/mol. The van der Waals surface area contributed by atoms with Gasteiger partial charge in [-0.05, 0) is 36.5 Å². The number of benzene rings is 1. The first-order chi connectivity index (χ1) is 9.10. The maximum atomic E-state index is 13.1. The molecule has 1 heterocycles. The molecule has 1 aromatic rings. The number of halogens is 3. The van der Waals surface area contributed by atoms with E-state index in [1.54, 1.807) is 4.90 Å². The molecule has 1 amide bonds. The lowest BCUT2D eigenvalue weighted by Gasteiger charge is -2.16. The predicted molar refractivity (Wildman–Crippen MR) is 70.1 cm³/mol. The summed E-state index contributed by atoms with van der Waals surface area (Å²) in [5, 5.41) is 0. The Morgan fingerprint density at radius 3 is 2.84 bits per heavy atom. The van der Waals surface area contributed by atoms with Gasteiger partial charge in [0.05, 0.1) is 6.42 Å². The number of rotatable bonds is 4. The van der Waals surface area contributed by atoms with E-state index in [0.29, 0.717) is 17.4 Å². The van der Waals surface area contributed by atoms with Crippen molar-refractivity contribution in [1.82, 2.24) is 4.90 Å². The summed E-state index contributed by atoms with van der Waals surface area (Å²) < 4.78 is 25.8. The third-order valence-corrected chi connectivity index (χ3v) is 3.71. The zero-order valence-corrected chi connectivity index (χ0v) is 11.3. The van der Waals surface area contributed by atoms with Crippen LogP contribution in [-0.4, -0.2) is 29.8 Å². The number of nitrogens with zero attached hydrogens (tertiary/aromatic N) is 1. The van der Waals surface area contributed by atoms with Gasteiger partial charge in [0.2, 0.25) is 5.91 Å². The molecule has 2 nitrogen and oxygen atoms in total. The minimum atomic E-state index is -0.910. The van der Waals surface area contributed by atoms with Crippen molar-refractivity contribution in [2.75, 3.05) is 19.0 Å². The van der Waals surface area contributed by atoms with Crippen LogP contribution in [0.2, 0.25) is 0 Å². The van der Waals surface area contributed by atoms with Crippen molar-refractivity contribution < 1.29 is 13.6 Å². The van der Waals surface area contributed by atoms with Crippen LogP contribution in [-0.2, 0) is 11.2 Å². The molecular formula is C14H16ClF2NO. The second kappa shape index (κ2) is 6.33. The summed E-state index contributed by atoms with van der Waals surface area (Å²) in [5.74, 6) is -0.767. The first kappa shape index (κ1) is 14.3. The highest BCUT2D eigenvalue weighted by Gasteiger charge is 2.25. The summed E-state index contributed by atoms with van der Waals surface area (Å²) in [6.45, 7) is 1.44. The number of carbonyl (C=O) groups is 1. The molecule has 1 saturated heterocycles. The third-order valence-electron chi connectivity index (χ3n) is 3.50. The smallest absolute Gasteiger partial charge is 0.227 e. The number of carbonyl (C=O) groups excluding carboxylic acids is 1. The summed E-state index contributed by atoms with van der Waals surface area (Å²) >= 11 is 5.69. The van der Waals surface area contributed by atoms with Crippen molar-refractivity contribution in [3.05, 3.63) is 35.4 Å². The molecule has 1 aliphatic heterocycles. The van der Waals surface area contributed by atoms with Gasteiger partial charge in [-0.3, -0.25) is 4.79 Å². The number of hydrogen-bond acceptors (Lipinski definition) is 1. The Kier molecular flexibility index (Phi) is 4.75. The van der Waals surface area contributed by atoms with Crippen molar-refractivity contribution >= 4 is 17.5 Å². The van der Waals surface area contributed by atoms with Crippen LogP contribution in [0.1, 0.15) is 18.4 Å². The highest BCUT2D eigenvalue weighted by atomic mass is 35.5. The average Bonchev–Trinajstić information content (AvgIpc) is 2.83. The zero-order chi connectivity index (χ0) is 13.8. The Labute approximate surface area is 116 Å². The van der Waals surface area contributed by atoms with Crippen LogP contribution in [0.3, 0.4) is 0 Å². The van der Waals surface area contributed by atoms with Crippen molar-refractivity contribution in [2.45, 2.75) is 19.3 Å². The van der Waals surface area contributed by atoms with E-state index in [1.807, 2.05) is 0 Å². The lowest BCUT2D eigenvalue weighted by molar-refractivity contribution is -0.129. The van der Waals surface area contributed by atoms with Crippen LogP contribution >= 0.6 is 11.6 Å². The molecule has 0 radical (unpaired) electrons. The van der Waals surface area contributed by atoms with Crippen molar-refractivity contribution in [3.63, 3.8) is 0 Å². The number of hydrogen-bond donors (Lipinski definition) is 0. The molecule has 0 N–H and O–H groups in total. The fourth-order valence-electron chi connectivity index (χ4n) is 2.39. The Hall–Kier alpha value is -1.16. The quantitative estimate of drug-likeness (QED) is 0.780. The minimum absolute atomic E-state index is 0.0388. The fourth-order valence-corrected chi connectivity index (χ4v) is 2.69. The summed E-state index contributed by atoms with van der Waals surface area (Å²) in [5.41, 5.74) is 0.504. The van der Waals surface area contributed by atoms with Crippen LogP contribution < -0.4 is 0 Å². The second-order valence-corrected chi connectivity index (χ2v) is 5.28. The third kappa shape index (κ3) is 3.66. The molecule has 1 aliphatic rings. The van der Waals surface area contributed by atoms with Crippen molar-refractivity contribution in [2.24, 2.45) is 5.92 Å². The summed E-state index contributed by atoms with van der Waals surface area (Å²) in [6, 6.07) is 3.58. The second-order valence-electron chi connectivity index (χ2n) is 4.90. The van der Waals surface area contributed by atoms with E-state index in [0.717, 1.165) is 38.1 Å². The lowest BCUT2D eigenvalue weighted by Crippen LogP contribution is -2.30. The van der Waals surface area contributed by atoms with Gasteiger partial charge in [0.25, 0.3) is 0 Å². The Bertz CT molecular complexity index is 467. The Morgan fingerprint density at radius 1 is 1.37 bits per heavy atom. The highest BCUT2D eigenvalue weighted by molar-refractivity contribution is 6.17. The molecule has 104 valence electrons. The number of alkyl halides is 1. The summed E-state index contributed by atoms with van der Waals surface area (Å²) in [7, 11) is 0. The molecule has 1 atom stereocenters. The molecule has 19 heavy (non-hydrogen) atoms. The van der Waals surface area contributed by atoms with Crippen LogP contribution in [0.15, 0.2) is 18.2 Å². The van der Waals surface area contributed by atoms with Gasteiger partial charge in [-0.25, -0.2) is 8.78 Å². The van der Waals surface area contributed by atoms with Crippen molar-refractivity contribution in [1.29, 1.82) is 0 Å². The van der Waals surface area contributed by atoms with E-state index in [1.165, 1.54) is 6.07 Å². The molecule has 0 spiro atoms. The van der Waals surface area contributed by atoms with Gasteiger partial charge in [-0.1, -0.05) is 6.07 Å². The molecule has 5 heteroatoms. The molecule has 0 aliphatic carbocycles.